The molecule has 0 aliphatic carbocycles. The minimum atomic E-state index is 0.431. The van der Waals surface area contributed by atoms with Crippen LogP contribution in [0.25, 0.3) is 0 Å². The summed E-state index contributed by atoms with van der Waals surface area (Å²) in [5, 5.41) is 3.68. The zero-order valence-electron chi connectivity index (χ0n) is 12.1. The van der Waals surface area contributed by atoms with Gasteiger partial charge in [-0.15, -0.1) is 0 Å². The van der Waals surface area contributed by atoms with Crippen LogP contribution in [0.4, 0.5) is 0 Å². The van der Waals surface area contributed by atoms with Gasteiger partial charge in [-0.2, -0.15) is 0 Å². The SMILES string of the molecule is CCC(NCc1c(C)cccc1C)c1ccccc1. The molecule has 19 heavy (non-hydrogen) atoms. The minimum Gasteiger partial charge on any atom is -0.306 e. The molecule has 1 unspecified atom stereocenters. The van der Waals surface area contributed by atoms with Crippen LogP contribution in [0.1, 0.15) is 41.6 Å². The van der Waals surface area contributed by atoms with Gasteiger partial charge in [0.25, 0.3) is 0 Å². The molecule has 1 heteroatoms. The van der Waals surface area contributed by atoms with E-state index in [1.807, 2.05) is 0 Å². The third-order valence-electron chi connectivity index (χ3n) is 3.78. The van der Waals surface area contributed by atoms with Crippen LogP contribution >= 0.6 is 0 Å². The van der Waals surface area contributed by atoms with Crippen molar-refractivity contribution in [3.63, 3.8) is 0 Å². The highest BCUT2D eigenvalue weighted by Crippen LogP contribution is 2.19. The van der Waals surface area contributed by atoms with Crippen LogP contribution in [0.5, 0.6) is 0 Å². The lowest BCUT2D eigenvalue weighted by Crippen LogP contribution is -2.21. The van der Waals surface area contributed by atoms with Crippen LogP contribution in [-0.4, -0.2) is 0 Å². The van der Waals surface area contributed by atoms with Gasteiger partial charge in [0, 0.05) is 12.6 Å². The van der Waals surface area contributed by atoms with Crippen LogP contribution in [0.15, 0.2) is 48.5 Å². The molecule has 1 nitrogen and oxygen atoms in total. The second-order valence-electron chi connectivity index (χ2n) is 5.12. The molecule has 0 aromatic heterocycles. The second-order valence-corrected chi connectivity index (χ2v) is 5.12. The maximum atomic E-state index is 3.68. The van der Waals surface area contributed by atoms with Crippen LogP contribution in [-0.2, 0) is 6.54 Å². The lowest BCUT2D eigenvalue weighted by Gasteiger charge is -2.19. The molecule has 2 aromatic carbocycles. The van der Waals surface area contributed by atoms with Crippen LogP contribution in [0.3, 0.4) is 0 Å². The van der Waals surface area contributed by atoms with Crippen molar-refractivity contribution in [3.05, 3.63) is 70.8 Å². The Kier molecular flexibility index (Phi) is 4.75. The van der Waals surface area contributed by atoms with Crippen LogP contribution < -0.4 is 5.32 Å². The van der Waals surface area contributed by atoms with Crippen LogP contribution in [0.2, 0.25) is 0 Å². The first kappa shape index (κ1) is 13.8. The number of benzene rings is 2. The summed E-state index contributed by atoms with van der Waals surface area (Å²) in [6.45, 7) is 7.54. The van der Waals surface area contributed by atoms with E-state index in [1.165, 1.54) is 22.3 Å². The van der Waals surface area contributed by atoms with Gasteiger partial charge in [-0.1, -0.05) is 55.5 Å². The second kappa shape index (κ2) is 6.53. The molecule has 2 rings (SSSR count). The summed E-state index contributed by atoms with van der Waals surface area (Å²) >= 11 is 0. The molecule has 1 N–H and O–H groups in total. The van der Waals surface area contributed by atoms with E-state index < -0.39 is 0 Å². The van der Waals surface area contributed by atoms with Crippen molar-refractivity contribution in [1.82, 2.24) is 5.32 Å². The summed E-state index contributed by atoms with van der Waals surface area (Å²) < 4.78 is 0. The van der Waals surface area contributed by atoms with E-state index in [2.05, 4.69) is 74.6 Å². The standard InChI is InChI=1S/C18H23N/c1-4-18(16-11-6-5-7-12-16)19-13-17-14(2)9-8-10-15(17)3/h5-12,18-19H,4,13H2,1-3H3. The number of hydrogen-bond acceptors (Lipinski definition) is 1. The molecule has 0 heterocycles. The van der Waals surface area contributed by atoms with Gasteiger partial charge >= 0.3 is 0 Å². The van der Waals surface area contributed by atoms with Gasteiger partial charge in [-0.05, 0) is 42.5 Å². The summed E-state index contributed by atoms with van der Waals surface area (Å²) in [6, 6.07) is 17.6. The fourth-order valence-corrected chi connectivity index (χ4v) is 2.54. The van der Waals surface area contributed by atoms with Gasteiger partial charge in [-0.3, -0.25) is 0 Å². The molecule has 0 aliphatic heterocycles. The van der Waals surface area contributed by atoms with Gasteiger partial charge in [0.15, 0.2) is 0 Å². The van der Waals surface area contributed by atoms with E-state index in [9.17, 15) is 0 Å². The van der Waals surface area contributed by atoms with Gasteiger partial charge in [0.2, 0.25) is 0 Å². The molecule has 0 spiro atoms. The summed E-state index contributed by atoms with van der Waals surface area (Å²) in [5.74, 6) is 0. The molecule has 0 amide bonds. The maximum Gasteiger partial charge on any atom is 0.0320 e. The third kappa shape index (κ3) is 3.45. The maximum absolute atomic E-state index is 3.68. The highest BCUT2D eigenvalue weighted by Gasteiger charge is 2.09. The van der Waals surface area contributed by atoms with Gasteiger partial charge in [-0.25, -0.2) is 0 Å². The van der Waals surface area contributed by atoms with Crippen LogP contribution in [0, 0.1) is 13.8 Å². The number of aryl methyl sites for hydroxylation is 2. The molecule has 0 bridgehead atoms. The smallest absolute Gasteiger partial charge is 0.0320 e. The molecule has 2 aromatic rings. The molecule has 0 radical (unpaired) electrons. The zero-order valence-corrected chi connectivity index (χ0v) is 12.1. The van der Waals surface area contributed by atoms with Crippen molar-refractivity contribution in [2.45, 2.75) is 39.8 Å². The number of rotatable bonds is 5. The highest BCUT2D eigenvalue weighted by atomic mass is 14.9. The average Bonchev–Trinajstić information content (AvgIpc) is 2.43. The Morgan fingerprint density at radius 3 is 2.11 bits per heavy atom. The van der Waals surface area contributed by atoms with E-state index in [1.54, 1.807) is 0 Å². The van der Waals surface area contributed by atoms with Gasteiger partial charge in [0.05, 0.1) is 0 Å². The topological polar surface area (TPSA) is 12.0 Å². The summed E-state index contributed by atoms with van der Waals surface area (Å²) in [4.78, 5) is 0. The molecule has 1 atom stereocenters. The summed E-state index contributed by atoms with van der Waals surface area (Å²) in [6.07, 6.45) is 1.11. The van der Waals surface area contributed by atoms with Crippen molar-refractivity contribution < 1.29 is 0 Å². The molecule has 0 saturated carbocycles. The lowest BCUT2D eigenvalue weighted by atomic mass is 10.0. The molecular formula is C18H23N. The largest absolute Gasteiger partial charge is 0.306 e. The Morgan fingerprint density at radius 1 is 0.895 bits per heavy atom. The first-order valence-corrected chi connectivity index (χ1v) is 7.05. The van der Waals surface area contributed by atoms with Crippen molar-refractivity contribution in [2.75, 3.05) is 0 Å². The van der Waals surface area contributed by atoms with Gasteiger partial charge < -0.3 is 5.32 Å². The molecule has 0 fully saturated rings. The fraction of sp³-hybridized carbons (Fsp3) is 0.333. The Labute approximate surface area is 116 Å². The van der Waals surface area contributed by atoms with Crippen molar-refractivity contribution in [2.24, 2.45) is 0 Å². The molecule has 100 valence electrons. The Hall–Kier alpha value is -1.60. The summed E-state index contributed by atoms with van der Waals surface area (Å²) in [7, 11) is 0. The molecule has 0 aliphatic rings. The zero-order chi connectivity index (χ0) is 13.7. The Morgan fingerprint density at radius 2 is 1.53 bits per heavy atom. The van der Waals surface area contributed by atoms with E-state index in [4.69, 9.17) is 0 Å². The van der Waals surface area contributed by atoms with E-state index >= 15 is 0 Å². The van der Waals surface area contributed by atoms with Gasteiger partial charge in [0.1, 0.15) is 0 Å². The van der Waals surface area contributed by atoms with Crippen molar-refractivity contribution in [1.29, 1.82) is 0 Å². The molecular weight excluding hydrogens is 230 g/mol. The Bertz CT molecular complexity index is 496. The average molecular weight is 253 g/mol. The Balaban J connectivity index is 2.09. The molecule has 0 saturated heterocycles. The fourth-order valence-electron chi connectivity index (χ4n) is 2.54. The highest BCUT2D eigenvalue weighted by molar-refractivity contribution is 5.33. The lowest BCUT2D eigenvalue weighted by molar-refractivity contribution is 0.517. The van der Waals surface area contributed by atoms with E-state index in [0.717, 1.165) is 13.0 Å². The van der Waals surface area contributed by atoms with E-state index in [0.29, 0.717) is 6.04 Å². The first-order valence-electron chi connectivity index (χ1n) is 7.05. The number of hydrogen-bond donors (Lipinski definition) is 1. The summed E-state index contributed by atoms with van der Waals surface area (Å²) in [5.41, 5.74) is 5.54. The monoisotopic (exact) mass is 253 g/mol. The van der Waals surface area contributed by atoms with E-state index in [-0.39, 0.29) is 0 Å². The minimum absolute atomic E-state index is 0.431. The van der Waals surface area contributed by atoms with Crippen molar-refractivity contribution >= 4 is 0 Å². The normalized spacial score (nSPS) is 12.4. The number of nitrogens with one attached hydrogen (secondary N) is 1. The first-order chi connectivity index (χ1) is 9.22. The van der Waals surface area contributed by atoms with Crippen molar-refractivity contribution in [3.8, 4) is 0 Å². The predicted molar refractivity (Wildman–Crippen MR) is 82.2 cm³/mol. The predicted octanol–water partition coefficient (Wildman–Crippen LogP) is 4.54. The quantitative estimate of drug-likeness (QED) is 0.824. The third-order valence-corrected chi connectivity index (χ3v) is 3.78.